The van der Waals surface area contributed by atoms with Crippen LogP contribution >= 0.6 is 23.2 Å². The summed E-state index contributed by atoms with van der Waals surface area (Å²) >= 11 is 11.5. The van der Waals surface area contributed by atoms with E-state index >= 15 is 0 Å². The van der Waals surface area contributed by atoms with Gasteiger partial charge in [0.05, 0.1) is 6.20 Å². The van der Waals surface area contributed by atoms with Crippen molar-refractivity contribution < 1.29 is 0 Å². The zero-order valence-corrected chi connectivity index (χ0v) is 8.60. The fourth-order valence-electron chi connectivity index (χ4n) is 1.15. The fourth-order valence-corrected chi connectivity index (χ4v) is 1.42. The van der Waals surface area contributed by atoms with Crippen molar-refractivity contribution in [2.45, 2.75) is 19.4 Å². The first-order chi connectivity index (χ1) is 6.16. The van der Waals surface area contributed by atoms with Crippen LogP contribution in [0.25, 0.3) is 0 Å². The number of anilines is 1. The Balaban J connectivity index is 2.14. The van der Waals surface area contributed by atoms with Crippen molar-refractivity contribution in [3.8, 4) is 0 Å². The van der Waals surface area contributed by atoms with Gasteiger partial charge in [-0.25, -0.2) is 4.98 Å². The predicted molar refractivity (Wildman–Crippen MR) is 53.2 cm³/mol. The van der Waals surface area contributed by atoms with Gasteiger partial charge in [0, 0.05) is 6.04 Å². The van der Waals surface area contributed by atoms with E-state index in [1.165, 1.54) is 6.20 Å². The Labute approximate surface area is 86.5 Å². The van der Waals surface area contributed by atoms with Crippen LogP contribution in [0.5, 0.6) is 0 Å². The minimum absolute atomic E-state index is 0.222. The number of rotatable bonds is 2. The van der Waals surface area contributed by atoms with Crippen molar-refractivity contribution >= 4 is 29.0 Å². The Bertz CT molecular complexity index is 329. The average Bonchev–Trinajstić information content (AvgIpc) is 2.75. The highest BCUT2D eigenvalue weighted by Gasteiger charge is 2.33. The highest BCUT2D eigenvalue weighted by atomic mass is 35.5. The van der Waals surface area contributed by atoms with Crippen molar-refractivity contribution in [3.05, 3.63) is 16.5 Å². The van der Waals surface area contributed by atoms with Gasteiger partial charge in [-0.05, 0) is 23.9 Å². The third-order valence-electron chi connectivity index (χ3n) is 2.15. The summed E-state index contributed by atoms with van der Waals surface area (Å²) in [6, 6.07) is 0.489. The molecule has 2 unspecified atom stereocenters. The quantitative estimate of drug-likeness (QED) is 0.775. The van der Waals surface area contributed by atoms with Crippen LogP contribution in [-0.4, -0.2) is 16.0 Å². The van der Waals surface area contributed by atoms with Crippen molar-refractivity contribution in [1.82, 2.24) is 9.97 Å². The predicted octanol–water partition coefficient (Wildman–Crippen LogP) is 2.60. The zero-order valence-electron chi connectivity index (χ0n) is 7.09. The summed E-state index contributed by atoms with van der Waals surface area (Å²) in [5.41, 5.74) is 0. The van der Waals surface area contributed by atoms with Crippen LogP contribution in [0.1, 0.15) is 13.3 Å². The van der Waals surface area contributed by atoms with Gasteiger partial charge in [0.25, 0.3) is 0 Å². The molecule has 0 amide bonds. The van der Waals surface area contributed by atoms with E-state index in [1.807, 2.05) is 0 Å². The number of aromatic nitrogens is 2. The monoisotopic (exact) mass is 217 g/mol. The van der Waals surface area contributed by atoms with Gasteiger partial charge in [-0.3, -0.25) is 0 Å². The van der Waals surface area contributed by atoms with E-state index in [0.29, 0.717) is 22.8 Å². The summed E-state index contributed by atoms with van der Waals surface area (Å²) in [5, 5.41) is 3.95. The molecule has 0 aromatic carbocycles. The van der Waals surface area contributed by atoms with Gasteiger partial charge in [-0.15, -0.1) is 0 Å². The molecule has 2 atom stereocenters. The number of hydrogen-bond donors (Lipinski definition) is 1. The molecule has 0 bridgehead atoms. The number of hydrogen-bond acceptors (Lipinski definition) is 3. The summed E-state index contributed by atoms with van der Waals surface area (Å²) in [6.07, 6.45) is 2.67. The summed E-state index contributed by atoms with van der Waals surface area (Å²) in [7, 11) is 0. The molecule has 0 aliphatic heterocycles. The molecule has 1 aliphatic rings. The zero-order chi connectivity index (χ0) is 9.42. The SMILES string of the molecule is CC1CC1Nc1nc(Cl)ncc1Cl. The maximum absolute atomic E-state index is 5.87. The molecule has 1 fully saturated rings. The lowest BCUT2D eigenvalue weighted by Crippen LogP contribution is -2.06. The van der Waals surface area contributed by atoms with Crippen molar-refractivity contribution in [1.29, 1.82) is 0 Å². The smallest absolute Gasteiger partial charge is 0.224 e. The lowest BCUT2D eigenvalue weighted by molar-refractivity contribution is 0.922. The molecule has 1 heterocycles. The highest BCUT2D eigenvalue weighted by Crippen LogP contribution is 2.33. The molecule has 1 saturated carbocycles. The summed E-state index contributed by atoms with van der Waals surface area (Å²) in [4.78, 5) is 7.77. The Hall–Kier alpha value is -0.540. The van der Waals surface area contributed by atoms with Crippen molar-refractivity contribution in [2.75, 3.05) is 5.32 Å². The first kappa shape index (κ1) is 9.03. The molecule has 3 nitrogen and oxygen atoms in total. The van der Waals surface area contributed by atoms with E-state index in [9.17, 15) is 0 Å². The lowest BCUT2D eigenvalue weighted by Gasteiger charge is -2.05. The fraction of sp³-hybridized carbons (Fsp3) is 0.500. The summed E-state index contributed by atoms with van der Waals surface area (Å²) in [6.45, 7) is 2.17. The molecule has 0 radical (unpaired) electrons. The molecule has 5 heteroatoms. The van der Waals surface area contributed by atoms with Crippen LogP contribution in [0.15, 0.2) is 6.20 Å². The molecule has 2 rings (SSSR count). The van der Waals surface area contributed by atoms with Crippen LogP contribution in [0.2, 0.25) is 10.3 Å². The Morgan fingerprint density at radius 3 is 2.85 bits per heavy atom. The average molecular weight is 218 g/mol. The van der Waals surface area contributed by atoms with Crippen LogP contribution in [-0.2, 0) is 0 Å². The molecule has 70 valence electrons. The second-order valence-corrected chi connectivity index (χ2v) is 4.04. The lowest BCUT2D eigenvalue weighted by atomic mass is 10.4. The molecular formula is C8H9Cl2N3. The second kappa shape index (κ2) is 3.31. The molecular weight excluding hydrogens is 209 g/mol. The third kappa shape index (κ3) is 2.03. The summed E-state index contributed by atoms with van der Waals surface area (Å²) in [5.74, 6) is 1.33. The standard InChI is InChI=1S/C8H9Cl2N3/c1-4-2-6(4)12-7-5(9)3-11-8(10)13-7/h3-4,6H,2H2,1H3,(H,11,12,13). The maximum Gasteiger partial charge on any atom is 0.224 e. The van der Waals surface area contributed by atoms with Crippen LogP contribution in [0.3, 0.4) is 0 Å². The van der Waals surface area contributed by atoms with Gasteiger partial charge in [-0.1, -0.05) is 18.5 Å². The van der Waals surface area contributed by atoms with Gasteiger partial charge < -0.3 is 5.32 Å². The van der Waals surface area contributed by atoms with E-state index in [1.54, 1.807) is 0 Å². The Morgan fingerprint density at radius 2 is 2.23 bits per heavy atom. The molecule has 1 N–H and O–H groups in total. The van der Waals surface area contributed by atoms with E-state index in [2.05, 4.69) is 22.2 Å². The van der Waals surface area contributed by atoms with Crippen LogP contribution < -0.4 is 5.32 Å². The molecule has 13 heavy (non-hydrogen) atoms. The first-order valence-electron chi connectivity index (χ1n) is 4.11. The van der Waals surface area contributed by atoms with E-state index in [-0.39, 0.29) is 5.28 Å². The topological polar surface area (TPSA) is 37.8 Å². The molecule has 0 spiro atoms. The van der Waals surface area contributed by atoms with Crippen LogP contribution in [0, 0.1) is 5.92 Å². The molecule has 0 saturated heterocycles. The highest BCUT2D eigenvalue weighted by molar-refractivity contribution is 6.33. The summed E-state index contributed by atoms with van der Waals surface area (Å²) < 4.78 is 0. The van der Waals surface area contributed by atoms with Gasteiger partial charge in [-0.2, -0.15) is 4.98 Å². The number of nitrogens with zero attached hydrogens (tertiary/aromatic N) is 2. The minimum Gasteiger partial charge on any atom is -0.366 e. The maximum atomic E-state index is 5.87. The minimum atomic E-state index is 0.222. The Morgan fingerprint density at radius 1 is 1.54 bits per heavy atom. The molecule has 1 aromatic rings. The molecule has 1 aromatic heterocycles. The van der Waals surface area contributed by atoms with Crippen molar-refractivity contribution in [3.63, 3.8) is 0 Å². The van der Waals surface area contributed by atoms with Crippen molar-refractivity contribution in [2.24, 2.45) is 5.92 Å². The first-order valence-corrected chi connectivity index (χ1v) is 4.87. The van der Waals surface area contributed by atoms with Gasteiger partial charge in [0.15, 0.2) is 0 Å². The van der Waals surface area contributed by atoms with Gasteiger partial charge >= 0.3 is 0 Å². The van der Waals surface area contributed by atoms with E-state index in [4.69, 9.17) is 23.2 Å². The third-order valence-corrected chi connectivity index (χ3v) is 2.60. The van der Waals surface area contributed by atoms with Crippen LogP contribution in [0.4, 0.5) is 5.82 Å². The largest absolute Gasteiger partial charge is 0.366 e. The number of halogens is 2. The van der Waals surface area contributed by atoms with E-state index < -0.39 is 0 Å². The second-order valence-electron chi connectivity index (χ2n) is 3.30. The van der Waals surface area contributed by atoms with Gasteiger partial charge in [0.2, 0.25) is 5.28 Å². The Kier molecular flexibility index (Phi) is 2.30. The number of nitrogens with one attached hydrogen (secondary N) is 1. The normalized spacial score (nSPS) is 25.8. The van der Waals surface area contributed by atoms with Gasteiger partial charge in [0.1, 0.15) is 10.8 Å². The van der Waals surface area contributed by atoms with E-state index in [0.717, 1.165) is 6.42 Å². The molecule has 1 aliphatic carbocycles.